The minimum Gasteiger partial charge on any atom is -0.492 e. The van der Waals surface area contributed by atoms with Crippen LogP contribution in [0.15, 0.2) is 42.7 Å². The molecule has 0 fully saturated rings. The molecule has 0 aliphatic rings. The number of aromatic nitrogens is 2. The lowest BCUT2D eigenvalue weighted by atomic mass is 10.2. The predicted octanol–water partition coefficient (Wildman–Crippen LogP) is 3.09. The molecule has 1 N–H and O–H groups in total. The van der Waals surface area contributed by atoms with E-state index in [1.165, 1.54) is 0 Å². The van der Waals surface area contributed by atoms with Gasteiger partial charge in [-0.3, -0.25) is 4.79 Å². The van der Waals surface area contributed by atoms with Gasteiger partial charge in [-0.05, 0) is 43.7 Å². The van der Waals surface area contributed by atoms with Crippen molar-refractivity contribution in [3.05, 3.63) is 59.5 Å². The van der Waals surface area contributed by atoms with Gasteiger partial charge in [0.25, 0.3) is 0 Å². The number of aryl methyl sites for hydroxylation is 1. The average Bonchev–Trinajstić information content (AvgIpc) is 3.00. The van der Waals surface area contributed by atoms with E-state index >= 15 is 0 Å². The van der Waals surface area contributed by atoms with Crippen LogP contribution in [0.1, 0.15) is 23.7 Å². The number of carbonyl (C=O) groups excluding carboxylic acids is 1. The second kappa shape index (κ2) is 7.05. The number of pyridine rings is 1. The summed E-state index contributed by atoms with van der Waals surface area (Å²) < 4.78 is 7.41. The van der Waals surface area contributed by atoms with E-state index in [1.54, 1.807) is 18.2 Å². The van der Waals surface area contributed by atoms with E-state index < -0.39 is 0 Å². The second-order valence-electron chi connectivity index (χ2n) is 5.64. The van der Waals surface area contributed by atoms with Gasteiger partial charge in [0.05, 0.1) is 36.0 Å². The molecule has 3 aromatic rings. The Bertz CT molecular complexity index is 969. The molecular formula is C19H18N4O2. The number of rotatable bonds is 5. The number of imidazole rings is 1. The van der Waals surface area contributed by atoms with Crippen LogP contribution in [0.25, 0.3) is 5.65 Å². The number of amides is 1. The zero-order valence-electron chi connectivity index (χ0n) is 14.1. The topological polar surface area (TPSA) is 79.4 Å². The summed E-state index contributed by atoms with van der Waals surface area (Å²) in [6, 6.07) is 10.9. The van der Waals surface area contributed by atoms with Crippen molar-refractivity contribution in [1.29, 1.82) is 5.26 Å². The van der Waals surface area contributed by atoms with Gasteiger partial charge in [0.2, 0.25) is 5.91 Å². The van der Waals surface area contributed by atoms with Crippen LogP contribution >= 0.6 is 0 Å². The van der Waals surface area contributed by atoms with Crippen molar-refractivity contribution in [2.75, 3.05) is 11.9 Å². The van der Waals surface area contributed by atoms with E-state index in [2.05, 4.69) is 16.4 Å². The Balaban J connectivity index is 1.80. The maximum absolute atomic E-state index is 12.4. The van der Waals surface area contributed by atoms with Gasteiger partial charge in [-0.2, -0.15) is 5.26 Å². The van der Waals surface area contributed by atoms with Crippen molar-refractivity contribution < 1.29 is 9.53 Å². The van der Waals surface area contributed by atoms with Gasteiger partial charge in [-0.25, -0.2) is 4.98 Å². The van der Waals surface area contributed by atoms with Crippen LogP contribution < -0.4 is 10.1 Å². The number of hydrogen-bond acceptors (Lipinski definition) is 4. The minimum absolute atomic E-state index is 0.142. The third-order valence-electron chi connectivity index (χ3n) is 3.75. The largest absolute Gasteiger partial charge is 0.492 e. The lowest BCUT2D eigenvalue weighted by molar-refractivity contribution is -0.115. The summed E-state index contributed by atoms with van der Waals surface area (Å²) in [7, 11) is 0. The van der Waals surface area contributed by atoms with Gasteiger partial charge in [0.15, 0.2) is 0 Å². The first kappa shape index (κ1) is 16.5. The molecule has 0 atom stereocenters. The van der Waals surface area contributed by atoms with E-state index in [9.17, 15) is 4.79 Å². The maximum atomic E-state index is 12.4. The molecule has 1 aromatic carbocycles. The fraction of sp³-hybridized carbons (Fsp3) is 0.211. The Morgan fingerprint density at radius 3 is 2.96 bits per heavy atom. The average molecular weight is 334 g/mol. The second-order valence-corrected chi connectivity index (χ2v) is 5.64. The molecule has 0 spiro atoms. The number of fused-ring (bicyclic) bond motifs is 1. The molecule has 2 heterocycles. The molecule has 2 aromatic heterocycles. The lowest BCUT2D eigenvalue weighted by Gasteiger charge is -2.11. The molecular weight excluding hydrogens is 316 g/mol. The zero-order chi connectivity index (χ0) is 17.8. The normalized spacial score (nSPS) is 10.4. The number of nitrogens with zero attached hydrogens (tertiary/aromatic N) is 3. The summed E-state index contributed by atoms with van der Waals surface area (Å²) in [6.07, 6.45) is 3.89. The molecule has 25 heavy (non-hydrogen) atoms. The van der Waals surface area contributed by atoms with Crippen molar-refractivity contribution in [1.82, 2.24) is 9.38 Å². The number of hydrogen-bond donors (Lipinski definition) is 1. The lowest BCUT2D eigenvalue weighted by Crippen LogP contribution is -2.15. The Morgan fingerprint density at radius 2 is 2.24 bits per heavy atom. The molecule has 126 valence electrons. The van der Waals surface area contributed by atoms with E-state index in [1.807, 2.05) is 42.8 Å². The van der Waals surface area contributed by atoms with Crippen LogP contribution in [-0.2, 0) is 11.2 Å². The summed E-state index contributed by atoms with van der Waals surface area (Å²) >= 11 is 0. The molecule has 0 aliphatic heterocycles. The number of ether oxygens (including phenoxy) is 1. The number of nitriles is 1. The maximum Gasteiger partial charge on any atom is 0.230 e. The first-order chi connectivity index (χ1) is 12.1. The minimum atomic E-state index is -0.211. The summed E-state index contributed by atoms with van der Waals surface area (Å²) in [5, 5.41) is 11.9. The van der Waals surface area contributed by atoms with Crippen molar-refractivity contribution in [2.45, 2.75) is 20.3 Å². The van der Waals surface area contributed by atoms with Crippen molar-refractivity contribution in [3.8, 4) is 11.8 Å². The molecule has 0 bridgehead atoms. The fourth-order valence-corrected chi connectivity index (χ4v) is 2.63. The van der Waals surface area contributed by atoms with Gasteiger partial charge in [-0.15, -0.1) is 0 Å². The molecule has 0 saturated carbocycles. The molecule has 0 radical (unpaired) electrons. The molecule has 0 unspecified atom stereocenters. The Kier molecular flexibility index (Phi) is 4.66. The highest BCUT2D eigenvalue weighted by atomic mass is 16.5. The Labute approximate surface area is 145 Å². The first-order valence-electron chi connectivity index (χ1n) is 8.00. The first-order valence-corrected chi connectivity index (χ1v) is 8.00. The van der Waals surface area contributed by atoms with Crippen molar-refractivity contribution in [2.24, 2.45) is 0 Å². The van der Waals surface area contributed by atoms with E-state index in [0.29, 0.717) is 29.3 Å². The quantitative estimate of drug-likeness (QED) is 0.777. The van der Waals surface area contributed by atoms with Crippen molar-refractivity contribution in [3.63, 3.8) is 0 Å². The highest BCUT2D eigenvalue weighted by Gasteiger charge is 2.12. The summed E-state index contributed by atoms with van der Waals surface area (Å²) in [5.41, 5.74) is 3.52. The SMILES string of the molecule is CCOc1ccc(C#N)cc1NC(=O)Cc1cn2cccc(C)c2n1. The predicted molar refractivity (Wildman–Crippen MR) is 94.6 cm³/mol. The van der Waals surface area contributed by atoms with Crippen LogP contribution in [-0.4, -0.2) is 21.9 Å². The number of carbonyl (C=O) groups is 1. The van der Waals surface area contributed by atoms with E-state index in [-0.39, 0.29) is 12.3 Å². The third-order valence-corrected chi connectivity index (χ3v) is 3.75. The van der Waals surface area contributed by atoms with Crippen LogP contribution in [0.3, 0.4) is 0 Å². The summed E-state index contributed by atoms with van der Waals surface area (Å²) in [6.45, 7) is 4.32. The number of nitrogens with one attached hydrogen (secondary N) is 1. The molecule has 1 amide bonds. The Morgan fingerprint density at radius 1 is 1.40 bits per heavy atom. The highest BCUT2D eigenvalue weighted by Crippen LogP contribution is 2.26. The molecule has 3 rings (SSSR count). The number of anilines is 1. The van der Waals surface area contributed by atoms with Gasteiger partial charge < -0.3 is 14.5 Å². The summed E-state index contributed by atoms with van der Waals surface area (Å²) in [4.78, 5) is 16.9. The Hall–Kier alpha value is -3.33. The smallest absolute Gasteiger partial charge is 0.230 e. The van der Waals surface area contributed by atoms with Gasteiger partial charge in [0.1, 0.15) is 11.4 Å². The van der Waals surface area contributed by atoms with Crippen LogP contribution in [0.2, 0.25) is 0 Å². The standard InChI is InChI=1S/C19H18N4O2/c1-3-25-17-7-6-14(11-20)9-16(17)22-18(24)10-15-12-23-8-4-5-13(2)19(23)21-15/h4-9,12H,3,10H2,1-2H3,(H,22,24). The van der Waals surface area contributed by atoms with Crippen LogP contribution in [0, 0.1) is 18.3 Å². The molecule has 0 aliphatic carbocycles. The summed E-state index contributed by atoms with van der Waals surface area (Å²) in [5.74, 6) is 0.331. The molecule has 0 saturated heterocycles. The fourth-order valence-electron chi connectivity index (χ4n) is 2.63. The monoisotopic (exact) mass is 334 g/mol. The zero-order valence-corrected chi connectivity index (χ0v) is 14.1. The highest BCUT2D eigenvalue weighted by molar-refractivity contribution is 5.93. The van der Waals surface area contributed by atoms with Gasteiger partial charge in [-0.1, -0.05) is 6.07 Å². The number of benzene rings is 1. The van der Waals surface area contributed by atoms with E-state index in [0.717, 1.165) is 11.2 Å². The molecule has 6 nitrogen and oxygen atoms in total. The van der Waals surface area contributed by atoms with Crippen molar-refractivity contribution >= 4 is 17.2 Å². The molecule has 6 heteroatoms. The van der Waals surface area contributed by atoms with Crippen LogP contribution in [0.5, 0.6) is 5.75 Å². The van der Waals surface area contributed by atoms with E-state index in [4.69, 9.17) is 10.00 Å². The third kappa shape index (κ3) is 3.61. The van der Waals surface area contributed by atoms with Gasteiger partial charge >= 0.3 is 0 Å². The van der Waals surface area contributed by atoms with Gasteiger partial charge in [0, 0.05) is 12.4 Å². The van der Waals surface area contributed by atoms with Crippen LogP contribution in [0.4, 0.5) is 5.69 Å².